The van der Waals surface area contributed by atoms with E-state index in [0.29, 0.717) is 5.69 Å². The molecule has 0 heterocycles. The lowest BCUT2D eigenvalue weighted by Crippen LogP contribution is -2.12. The topological polar surface area (TPSA) is 61.7 Å². The van der Waals surface area contributed by atoms with Crippen molar-refractivity contribution in [3.8, 4) is 0 Å². The first-order valence-electron chi connectivity index (χ1n) is 4.33. The number of oxime groups is 1. The predicted molar refractivity (Wildman–Crippen MR) is 54.7 cm³/mol. The number of hydrogen-bond donors (Lipinski definition) is 2. The van der Waals surface area contributed by atoms with Gasteiger partial charge in [0, 0.05) is 5.69 Å². The van der Waals surface area contributed by atoms with Crippen LogP contribution in [0.5, 0.6) is 0 Å². The van der Waals surface area contributed by atoms with Crippen LogP contribution in [0.3, 0.4) is 0 Å². The molecule has 0 unspecified atom stereocenters. The molecule has 0 aliphatic heterocycles. The summed E-state index contributed by atoms with van der Waals surface area (Å²) in [5.41, 5.74) is 1.85. The van der Waals surface area contributed by atoms with Crippen LogP contribution in [-0.2, 0) is 11.2 Å². The van der Waals surface area contributed by atoms with Gasteiger partial charge in [-0.25, -0.2) is 0 Å². The lowest BCUT2D eigenvalue weighted by Gasteiger charge is -2.03. The van der Waals surface area contributed by atoms with E-state index in [1.54, 1.807) is 6.07 Å². The normalized spacial score (nSPS) is 10.4. The molecular weight excluding hydrogens is 180 g/mol. The van der Waals surface area contributed by atoms with Gasteiger partial charge in [-0.2, -0.15) is 0 Å². The molecule has 1 aromatic rings. The molecule has 74 valence electrons. The van der Waals surface area contributed by atoms with E-state index in [4.69, 9.17) is 5.21 Å². The Labute approximate surface area is 82.2 Å². The maximum atomic E-state index is 11.0. The first-order valence-corrected chi connectivity index (χ1v) is 4.33. The smallest absolute Gasteiger partial charge is 0.270 e. The van der Waals surface area contributed by atoms with Crippen molar-refractivity contribution >= 4 is 17.8 Å². The quantitative estimate of drug-likeness (QED) is 0.434. The minimum Gasteiger partial charge on any atom is -0.411 e. The molecule has 2 N–H and O–H groups in total. The number of amides is 1. The highest BCUT2D eigenvalue weighted by Crippen LogP contribution is 2.10. The molecule has 1 amide bonds. The number of rotatable bonds is 3. The van der Waals surface area contributed by atoms with Gasteiger partial charge in [0.05, 0.1) is 0 Å². The number of hydrogen-bond acceptors (Lipinski definition) is 3. The van der Waals surface area contributed by atoms with Crippen molar-refractivity contribution in [2.45, 2.75) is 13.3 Å². The zero-order valence-electron chi connectivity index (χ0n) is 7.90. The van der Waals surface area contributed by atoms with Crippen LogP contribution in [0.15, 0.2) is 29.4 Å². The minimum absolute atomic E-state index is 0.444. The van der Waals surface area contributed by atoms with E-state index in [1.807, 2.05) is 25.1 Å². The van der Waals surface area contributed by atoms with Gasteiger partial charge < -0.3 is 10.5 Å². The molecule has 0 fully saturated rings. The number of nitrogens with one attached hydrogen (secondary N) is 1. The summed E-state index contributed by atoms with van der Waals surface area (Å²) in [6, 6.07) is 7.51. The number of aryl methyl sites for hydroxylation is 1. The third-order valence-electron chi connectivity index (χ3n) is 1.78. The zero-order valence-corrected chi connectivity index (χ0v) is 7.90. The molecule has 1 aromatic carbocycles. The van der Waals surface area contributed by atoms with Crippen molar-refractivity contribution in [1.29, 1.82) is 0 Å². The van der Waals surface area contributed by atoms with Crippen LogP contribution >= 0.6 is 0 Å². The fraction of sp³-hybridized carbons (Fsp3) is 0.200. The van der Waals surface area contributed by atoms with Crippen LogP contribution in [0.1, 0.15) is 12.5 Å². The van der Waals surface area contributed by atoms with Crippen molar-refractivity contribution in [2.75, 3.05) is 5.32 Å². The van der Waals surface area contributed by atoms with Gasteiger partial charge in [-0.1, -0.05) is 24.2 Å². The average Bonchev–Trinajstić information content (AvgIpc) is 2.18. The van der Waals surface area contributed by atoms with Crippen LogP contribution < -0.4 is 5.32 Å². The molecular formula is C10H12N2O2. The Kier molecular flexibility index (Phi) is 3.67. The van der Waals surface area contributed by atoms with Crippen LogP contribution in [0.4, 0.5) is 5.69 Å². The van der Waals surface area contributed by atoms with Crippen molar-refractivity contribution in [1.82, 2.24) is 0 Å². The van der Waals surface area contributed by atoms with Gasteiger partial charge in [-0.3, -0.25) is 4.79 Å². The van der Waals surface area contributed by atoms with E-state index in [0.717, 1.165) is 18.2 Å². The molecule has 0 atom stereocenters. The first-order chi connectivity index (χ1) is 6.76. The molecule has 0 saturated heterocycles. The zero-order chi connectivity index (χ0) is 10.4. The van der Waals surface area contributed by atoms with E-state index in [-0.39, 0.29) is 0 Å². The Morgan fingerprint density at radius 1 is 1.64 bits per heavy atom. The van der Waals surface area contributed by atoms with E-state index in [2.05, 4.69) is 10.5 Å². The lowest BCUT2D eigenvalue weighted by molar-refractivity contribution is -0.110. The Morgan fingerprint density at radius 3 is 3.07 bits per heavy atom. The molecule has 0 aliphatic rings. The van der Waals surface area contributed by atoms with Crippen molar-refractivity contribution in [3.05, 3.63) is 29.8 Å². The van der Waals surface area contributed by atoms with Gasteiger partial charge in [0.15, 0.2) is 0 Å². The van der Waals surface area contributed by atoms with Crippen LogP contribution in [-0.4, -0.2) is 17.3 Å². The first kappa shape index (κ1) is 10.2. The number of nitrogens with zero attached hydrogens (tertiary/aromatic N) is 1. The van der Waals surface area contributed by atoms with Gasteiger partial charge in [-0.15, -0.1) is 0 Å². The van der Waals surface area contributed by atoms with Crippen LogP contribution in [0, 0.1) is 0 Å². The second kappa shape index (κ2) is 5.01. The van der Waals surface area contributed by atoms with Gasteiger partial charge in [0.25, 0.3) is 5.91 Å². The fourth-order valence-corrected chi connectivity index (χ4v) is 1.10. The summed E-state index contributed by atoms with van der Waals surface area (Å²) >= 11 is 0. The monoisotopic (exact) mass is 192 g/mol. The van der Waals surface area contributed by atoms with Crippen LogP contribution in [0.25, 0.3) is 0 Å². The summed E-state index contributed by atoms with van der Waals surface area (Å²) in [6.45, 7) is 2.04. The van der Waals surface area contributed by atoms with Gasteiger partial charge >= 0.3 is 0 Å². The summed E-state index contributed by atoms with van der Waals surface area (Å²) < 4.78 is 0. The van der Waals surface area contributed by atoms with E-state index in [9.17, 15) is 4.79 Å². The molecule has 1 rings (SSSR count). The molecule has 0 radical (unpaired) electrons. The van der Waals surface area contributed by atoms with Crippen LogP contribution in [0.2, 0.25) is 0 Å². The number of anilines is 1. The van der Waals surface area contributed by atoms with Crippen molar-refractivity contribution < 1.29 is 10.0 Å². The molecule has 0 aromatic heterocycles. The fourth-order valence-electron chi connectivity index (χ4n) is 1.10. The Bertz CT molecular complexity index is 348. The second-order valence-electron chi connectivity index (χ2n) is 2.79. The third-order valence-corrected chi connectivity index (χ3v) is 1.78. The Hall–Kier alpha value is -1.84. The van der Waals surface area contributed by atoms with Crippen molar-refractivity contribution in [3.63, 3.8) is 0 Å². The highest BCUT2D eigenvalue weighted by molar-refractivity contribution is 6.31. The predicted octanol–water partition coefficient (Wildman–Crippen LogP) is 1.65. The van der Waals surface area contributed by atoms with E-state index in [1.165, 1.54) is 0 Å². The SMILES string of the molecule is CCc1cccc(NC(=O)C=NO)c1. The van der Waals surface area contributed by atoms with Gasteiger partial charge in [0.1, 0.15) is 6.21 Å². The molecule has 4 heteroatoms. The standard InChI is InChI=1S/C10H12N2O2/c1-2-8-4-3-5-9(6-8)12-10(13)7-11-14/h3-7,14H,2H2,1H3,(H,12,13). The molecule has 0 spiro atoms. The molecule has 0 aliphatic carbocycles. The third kappa shape index (κ3) is 2.90. The highest BCUT2D eigenvalue weighted by atomic mass is 16.4. The summed E-state index contributed by atoms with van der Waals surface area (Å²) in [6.07, 6.45) is 1.73. The Balaban J connectivity index is 2.71. The lowest BCUT2D eigenvalue weighted by atomic mass is 10.1. The van der Waals surface area contributed by atoms with E-state index < -0.39 is 5.91 Å². The maximum Gasteiger partial charge on any atom is 0.270 e. The summed E-state index contributed by atoms with van der Waals surface area (Å²) in [5.74, 6) is -0.444. The summed E-state index contributed by atoms with van der Waals surface area (Å²) in [4.78, 5) is 11.0. The number of carbonyl (C=O) groups excluding carboxylic acids is 1. The second-order valence-corrected chi connectivity index (χ2v) is 2.79. The van der Waals surface area contributed by atoms with Gasteiger partial charge in [-0.05, 0) is 24.1 Å². The van der Waals surface area contributed by atoms with Gasteiger partial charge in [0.2, 0.25) is 0 Å². The minimum atomic E-state index is -0.444. The summed E-state index contributed by atoms with van der Waals surface area (Å²) in [7, 11) is 0. The average molecular weight is 192 g/mol. The maximum absolute atomic E-state index is 11.0. The molecule has 0 saturated carbocycles. The highest BCUT2D eigenvalue weighted by Gasteiger charge is 1.98. The molecule has 4 nitrogen and oxygen atoms in total. The number of benzene rings is 1. The molecule has 0 bridgehead atoms. The van der Waals surface area contributed by atoms with Crippen molar-refractivity contribution in [2.24, 2.45) is 5.16 Å². The number of carbonyl (C=O) groups is 1. The van der Waals surface area contributed by atoms with E-state index >= 15 is 0 Å². The summed E-state index contributed by atoms with van der Waals surface area (Å²) in [5, 5.41) is 13.3. The largest absolute Gasteiger partial charge is 0.411 e. The molecule has 14 heavy (non-hydrogen) atoms. The Morgan fingerprint density at radius 2 is 2.43 bits per heavy atom.